The van der Waals surface area contributed by atoms with Crippen LogP contribution in [0.25, 0.3) is 10.8 Å². The zero-order chi connectivity index (χ0) is 14.7. The molecular weight excluding hydrogens is 256 g/mol. The van der Waals surface area contributed by atoms with Crippen molar-refractivity contribution in [3.05, 3.63) is 77.6 Å². The van der Waals surface area contributed by atoms with Crippen molar-refractivity contribution in [1.82, 2.24) is 10.3 Å². The lowest BCUT2D eigenvalue weighted by Crippen LogP contribution is -2.19. The molecule has 0 aliphatic rings. The molecule has 0 amide bonds. The van der Waals surface area contributed by atoms with Crippen molar-refractivity contribution in [1.29, 1.82) is 0 Å². The van der Waals surface area contributed by atoms with E-state index >= 15 is 0 Å². The summed E-state index contributed by atoms with van der Waals surface area (Å²) in [5, 5.41) is 6.10. The van der Waals surface area contributed by atoms with Crippen LogP contribution in [0.1, 0.15) is 29.7 Å². The number of nitrogens with zero attached hydrogens (tertiary/aromatic N) is 1. The first-order valence-corrected chi connectivity index (χ1v) is 7.36. The Morgan fingerprint density at radius 3 is 2.76 bits per heavy atom. The second-order valence-corrected chi connectivity index (χ2v) is 5.47. The highest BCUT2D eigenvalue weighted by molar-refractivity contribution is 5.84. The smallest absolute Gasteiger partial charge is 0.0346 e. The molecule has 0 fully saturated rings. The molecule has 3 aromatic rings. The van der Waals surface area contributed by atoms with Gasteiger partial charge in [0.15, 0.2) is 0 Å². The van der Waals surface area contributed by atoms with Crippen molar-refractivity contribution in [2.24, 2.45) is 0 Å². The number of aromatic nitrogens is 1. The van der Waals surface area contributed by atoms with Crippen molar-refractivity contribution in [2.75, 3.05) is 0 Å². The summed E-state index contributed by atoms with van der Waals surface area (Å²) in [6, 6.07) is 17.4. The molecule has 1 N–H and O–H groups in total. The van der Waals surface area contributed by atoms with E-state index in [-0.39, 0.29) is 0 Å². The molecule has 106 valence electrons. The minimum Gasteiger partial charge on any atom is -0.306 e. The molecule has 2 heteroatoms. The van der Waals surface area contributed by atoms with Crippen LogP contribution in [0.3, 0.4) is 0 Å². The van der Waals surface area contributed by atoms with E-state index in [1.807, 2.05) is 12.4 Å². The minimum absolute atomic E-state index is 0.336. The van der Waals surface area contributed by atoms with Crippen LogP contribution in [0.5, 0.6) is 0 Å². The Balaban J connectivity index is 1.79. The molecule has 0 saturated heterocycles. The van der Waals surface area contributed by atoms with Gasteiger partial charge in [-0.2, -0.15) is 0 Å². The fraction of sp³-hybridized carbons (Fsp3) is 0.211. The Labute approximate surface area is 125 Å². The molecule has 1 aromatic heterocycles. The van der Waals surface area contributed by atoms with Crippen molar-refractivity contribution >= 4 is 10.8 Å². The van der Waals surface area contributed by atoms with Gasteiger partial charge < -0.3 is 5.32 Å². The molecule has 1 heterocycles. The van der Waals surface area contributed by atoms with E-state index in [2.05, 4.69) is 72.7 Å². The summed E-state index contributed by atoms with van der Waals surface area (Å²) in [5.74, 6) is 0. The van der Waals surface area contributed by atoms with E-state index < -0.39 is 0 Å². The standard InChI is InChI=1S/C19H20N2/c1-14-6-3-4-9-18(14)15(2)21-13-17-8-5-7-16-12-20-11-10-19(16)17/h3-12,15,21H,13H2,1-2H3/t15-/m0/s1. The van der Waals surface area contributed by atoms with E-state index in [1.54, 1.807) is 0 Å². The highest BCUT2D eigenvalue weighted by Crippen LogP contribution is 2.20. The maximum absolute atomic E-state index is 4.19. The monoisotopic (exact) mass is 276 g/mol. The van der Waals surface area contributed by atoms with Crippen LogP contribution in [0.15, 0.2) is 60.9 Å². The normalized spacial score (nSPS) is 12.5. The Morgan fingerprint density at radius 2 is 1.90 bits per heavy atom. The third-order valence-corrected chi connectivity index (χ3v) is 4.02. The summed E-state index contributed by atoms with van der Waals surface area (Å²) in [4.78, 5) is 4.19. The molecule has 2 nitrogen and oxygen atoms in total. The van der Waals surface area contributed by atoms with Crippen LogP contribution >= 0.6 is 0 Å². The maximum Gasteiger partial charge on any atom is 0.0346 e. The summed E-state index contributed by atoms with van der Waals surface area (Å²) in [5.41, 5.74) is 4.01. The van der Waals surface area contributed by atoms with Crippen molar-refractivity contribution in [3.8, 4) is 0 Å². The molecule has 0 radical (unpaired) electrons. The molecule has 0 saturated carbocycles. The van der Waals surface area contributed by atoms with E-state index in [0.29, 0.717) is 6.04 Å². The van der Waals surface area contributed by atoms with Gasteiger partial charge in [0, 0.05) is 30.4 Å². The quantitative estimate of drug-likeness (QED) is 0.764. The molecule has 2 aromatic carbocycles. The number of nitrogens with one attached hydrogen (secondary N) is 1. The van der Waals surface area contributed by atoms with Crippen molar-refractivity contribution < 1.29 is 0 Å². The van der Waals surface area contributed by atoms with E-state index in [9.17, 15) is 0 Å². The summed E-state index contributed by atoms with van der Waals surface area (Å²) < 4.78 is 0. The Bertz CT molecular complexity index is 744. The predicted octanol–water partition coefficient (Wildman–Crippen LogP) is 4.39. The van der Waals surface area contributed by atoms with Gasteiger partial charge in [0.2, 0.25) is 0 Å². The predicted molar refractivity (Wildman–Crippen MR) is 88.2 cm³/mol. The van der Waals surface area contributed by atoms with Crippen LogP contribution in [0.2, 0.25) is 0 Å². The summed E-state index contributed by atoms with van der Waals surface area (Å²) in [6.07, 6.45) is 3.78. The second kappa shape index (κ2) is 6.06. The number of hydrogen-bond donors (Lipinski definition) is 1. The fourth-order valence-electron chi connectivity index (χ4n) is 2.79. The van der Waals surface area contributed by atoms with Gasteiger partial charge in [-0.3, -0.25) is 4.98 Å². The van der Waals surface area contributed by atoms with Gasteiger partial charge >= 0.3 is 0 Å². The highest BCUT2D eigenvalue weighted by Gasteiger charge is 2.08. The Morgan fingerprint density at radius 1 is 1.05 bits per heavy atom. The first-order chi connectivity index (χ1) is 10.3. The zero-order valence-corrected chi connectivity index (χ0v) is 12.5. The minimum atomic E-state index is 0.336. The SMILES string of the molecule is Cc1ccccc1[C@H](C)NCc1cccc2cnccc12. The molecule has 0 aliphatic heterocycles. The number of pyridine rings is 1. The average Bonchev–Trinajstić information content (AvgIpc) is 2.53. The van der Waals surface area contributed by atoms with Crippen LogP contribution < -0.4 is 5.32 Å². The lowest BCUT2D eigenvalue weighted by Gasteiger charge is -2.17. The first-order valence-electron chi connectivity index (χ1n) is 7.36. The molecule has 3 rings (SSSR count). The number of aryl methyl sites for hydroxylation is 1. The molecular formula is C19H20N2. The third kappa shape index (κ3) is 2.96. The number of fused-ring (bicyclic) bond motifs is 1. The van der Waals surface area contributed by atoms with Gasteiger partial charge in [0.25, 0.3) is 0 Å². The lowest BCUT2D eigenvalue weighted by atomic mass is 10.0. The van der Waals surface area contributed by atoms with Gasteiger partial charge in [0.1, 0.15) is 0 Å². The summed E-state index contributed by atoms with van der Waals surface area (Å²) in [6.45, 7) is 5.24. The summed E-state index contributed by atoms with van der Waals surface area (Å²) in [7, 11) is 0. The largest absolute Gasteiger partial charge is 0.306 e. The van der Waals surface area contributed by atoms with E-state index in [1.165, 1.54) is 27.5 Å². The topological polar surface area (TPSA) is 24.9 Å². The lowest BCUT2D eigenvalue weighted by molar-refractivity contribution is 0.574. The molecule has 0 spiro atoms. The van der Waals surface area contributed by atoms with Crippen LogP contribution in [-0.4, -0.2) is 4.98 Å². The van der Waals surface area contributed by atoms with E-state index in [4.69, 9.17) is 0 Å². The van der Waals surface area contributed by atoms with Crippen molar-refractivity contribution in [2.45, 2.75) is 26.4 Å². The van der Waals surface area contributed by atoms with Gasteiger partial charge in [-0.1, -0.05) is 42.5 Å². The van der Waals surface area contributed by atoms with Gasteiger partial charge in [-0.15, -0.1) is 0 Å². The van der Waals surface area contributed by atoms with Crippen molar-refractivity contribution in [3.63, 3.8) is 0 Å². The van der Waals surface area contributed by atoms with Gasteiger partial charge in [-0.05, 0) is 42.0 Å². The molecule has 1 atom stereocenters. The first kappa shape index (κ1) is 13.8. The fourth-order valence-corrected chi connectivity index (χ4v) is 2.79. The number of benzene rings is 2. The summed E-state index contributed by atoms with van der Waals surface area (Å²) >= 11 is 0. The van der Waals surface area contributed by atoms with E-state index in [0.717, 1.165) is 6.54 Å². The third-order valence-electron chi connectivity index (χ3n) is 4.02. The molecule has 0 unspecified atom stereocenters. The van der Waals surface area contributed by atoms with Crippen LogP contribution in [0, 0.1) is 6.92 Å². The molecule has 21 heavy (non-hydrogen) atoms. The molecule has 0 aliphatic carbocycles. The second-order valence-electron chi connectivity index (χ2n) is 5.47. The molecule has 0 bridgehead atoms. The van der Waals surface area contributed by atoms with Crippen LogP contribution in [0.4, 0.5) is 0 Å². The highest BCUT2D eigenvalue weighted by atomic mass is 14.9. The number of hydrogen-bond acceptors (Lipinski definition) is 2. The van der Waals surface area contributed by atoms with Gasteiger partial charge in [-0.25, -0.2) is 0 Å². The van der Waals surface area contributed by atoms with Gasteiger partial charge in [0.05, 0.1) is 0 Å². The van der Waals surface area contributed by atoms with Crippen LogP contribution in [-0.2, 0) is 6.54 Å². The zero-order valence-electron chi connectivity index (χ0n) is 12.5. The number of rotatable bonds is 4. The Hall–Kier alpha value is -2.19. The maximum atomic E-state index is 4.19. The Kier molecular flexibility index (Phi) is 3.98. The average molecular weight is 276 g/mol.